The van der Waals surface area contributed by atoms with Crippen molar-refractivity contribution in [1.29, 1.82) is 0 Å². The average Bonchev–Trinajstić information content (AvgIpc) is 3.77. The summed E-state index contributed by atoms with van der Waals surface area (Å²) in [7, 11) is 0. The first-order valence-corrected chi connectivity index (χ1v) is 14.7. The first kappa shape index (κ1) is 22.7. The summed E-state index contributed by atoms with van der Waals surface area (Å²) < 4.78 is 2.63. The maximum Gasteiger partial charge on any atom is 0.0623 e. The number of nitrogens with zero attached hydrogens (tertiary/aromatic N) is 1. The number of rotatable bonds is 2. The molecule has 2 heteroatoms. The van der Waals surface area contributed by atoms with E-state index in [-0.39, 0.29) is 5.41 Å². The Morgan fingerprint density at radius 3 is 2.30 bits per heavy atom. The lowest BCUT2D eigenvalue weighted by atomic mass is 9.68. The van der Waals surface area contributed by atoms with E-state index in [0.29, 0.717) is 12.0 Å². The number of hydrogen-bond acceptors (Lipinski definition) is 1. The number of benzene rings is 5. The second-order valence-corrected chi connectivity index (χ2v) is 12.6. The molecule has 1 saturated heterocycles. The Morgan fingerprint density at radius 2 is 1.50 bits per heavy atom. The molecule has 194 valence electrons. The molecule has 3 aliphatic rings. The molecular formula is C38H32N2. The normalized spacial score (nSPS) is 19.8. The average molecular weight is 517 g/mol. The molecule has 2 unspecified atom stereocenters. The number of hydrogen-bond donors (Lipinski definition) is 1. The van der Waals surface area contributed by atoms with Crippen LogP contribution in [0.3, 0.4) is 0 Å². The Kier molecular flexibility index (Phi) is 4.38. The van der Waals surface area contributed by atoms with Crippen molar-refractivity contribution in [3.05, 3.63) is 125 Å². The summed E-state index contributed by atoms with van der Waals surface area (Å²) in [5.74, 6) is 0.409. The highest BCUT2D eigenvalue weighted by molar-refractivity contribution is 6.19. The van der Waals surface area contributed by atoms with Gasteiger partial charge in [0.2, 0.25) is 0 Å². The van der Waals surface area contributed by atoms with Gasteiger partial charge in [-0.1, -0.05) is 99.6 Å². The van der Waals surface area contributed by atoms with Gasteiger partial charge in [0, 0.05) is 51.8 Å². The molecule has 5 aromatic carbocycles. The lowest BCUT2D eigenvalue weighted by molar-refractivity contribution is 0.645. The molecule has 1 aromatic heterocycles. The Labute approximate surface area is 235 Å². The standard InChI is InChI=1S/C38H32N2/c1-22-19-24-9-4-5-11-27(24)34-29-20-25-10-8-14-31-33(25)35(28-12-6-7-13-30(28)38(31,2)3)37(29)40(36(22)34)26-17-15-23(16-18-26)32-21-39-32/h4-18,20,22,32,39H,19,21H2,1-3H3. The minimum absolute atomic E-state index is 0.0629. The monoisotopic (exact) mass is 516 g/mol. The van der Waals surface area contributed by atoms with Crippen LogP contribution in [0.5, 0.6) is 0 Å². The van der Waals surface area contributed by atoms with Gasteiger partial charge in [-0.15, -0.1) is 0 Å². The van der Waals surface area contributed by atoms with Crippen molar-refractivity contribution in [2.75, 3.05) is 6.54 Å². The van der Waals surface area contributed by atoms with Crippen LogP contribution in [0.15, 0.2) is 97.1 Å². The molecule has 0 spiro atoms. The fourth-order valence-electron chi connectivity index (χ4n) is 7.95. The van der Waals surface area contributed by atoms with Crippen molar-refractivity contribution >= 4 is 21.7 Å². The molecule has 2 atom stereocenters. The molecule has 0 amide bonds. The molecule has 2 aliphatic carbocycles. The molecule has 0 radical (unpaired) electrons. The Bertz CT molecular complexity index is 2020. The molecular weight excluding hydrogens is 484 g/mol. The van der Waals surface area contributed by atoms with Crippen molar-refractivity contribution in [3.8, 4) is 27.9 Å². The molecule has 1 fully saturated rings. The van der Waals surface area contributed by atoms with Gasteiger partial charge in [0.25, 0.3) is 0 Å². The van der Waals surface area contributed by atoms with Gasteiger partial charge in [0.1, 0.15) is 0 Å². The van der Waals surface area contributed by atoms with E-state index >= 15 is 0 Å². The molecule has 1 aliphatic heterocycles. The van der Waals surface area contributed by atoms with Crippen LogP contribution in [0, 0.1) is 0 Å². The maximum absolute atomic E-state index is 3.47. The van der Waals surface area contributed by atoms with Crippen LogP contribution in [0.25, 0.3) is 49.6 Å². The first-order chi connectivity index (χ1) is 19.5. The molecule has 6 aromatic rings. The second kappa shape index (κ2) is 7.74. The largest absolute Gasteiger partial charge is 0.312 e. The lowest BCUT2D eigenvalue weighted by Gasteiger charge is -2.35. The topological polar surface area (TPSA) is 26.9 Å². The van der Waals surface area contributed by atoms with E-state index in [0.717, 1.165) is 13.0 Å². The van der Waals surface area contributed by atoms with E-state index in [1.165, 1.54) is 77.6 Å². The third-order valence-corrected chi connectivity index (χ3v) is 9.91. The van der Waals surface area contributed by atoms with Crippen LogP contribution in [0.2, 0.25) is 0 Å². The quantitative estimate of drug-likeness (QED) is 0.228. The van der Waals surface area contributed by atoms with Gasteiger partial charge in [0.15, 0.2) is 0 Å². The summed E-state index contributed by atoms with van der Waals surface area (Å²) in [6, 6.07) is 37.5. The predicted octanol–water partition coefficient (Wildman–Crippen LogP) is 9.06. The zero-order chi connectivity index (χ0) is 26.7. The molecule has 2 heterocycles. The second-order valence-electron chi connectivity index (χ2n) is 12.6. The van der Waals surface area contributed by atoms with E-state index < -0.39 is 0 Å². The minimum Gasteiger partial charge on any atom is -0.312 e. The van der Waals surface area contributed by atoms with Crippen molar-refractivity contribution in [2.45, 2.75) is 44.6 Å². The third kappa shape index (κ3) is 2.87. The molecule has 1 N–H and O–H groups in total. The number of nitrogens with one attached hydrogen (secondary N) is 1. The summed E-state index contributed by atoms with van der Waals surface area (Å²) in [4.78, 5) is 0. The van der Waals surface area contributed by atoms with Gasteiger partial charge in [-0.3, -0.25) is 0 Å². The van der Waals surface area contributed by atoms with Crippen LogP contribution in [-0.4, -0.2) is 11.1 Å². The summed E-state index contributed by atoms with van der Waals surface area (Å²) >= 11 is 0. The van der Waals surface area contributed by atoms with Crippen LogP contribution < -0.4 is 5.32 Å². The van der Waals surface area contributed by atoms with E-state index in [9.17, 15) is 0 Å². The first-order valence-electron chi connectivity index (χ1n) is 14.7. The summed E-state index contributed by atoms with van der Waals surface area (Å²) in [5.41, 5.74) is 15.3. The third-order valence-electron chi connectivity index (χ3n) is 9.91. The highest BCUT2D eigenvalue weighted by atomic mass is 15.1. The highest BCUT2D eigenvalue weighted by Gasteiger charge is 2.37. The van der Waals surface area contributed by atoms with E-state index in [4.69, 9.17) is 0 Å². The van der Waals surface area contributed by atoms with E-state index in [2.05, 4.69) is 128 Å². The Balaban J connectivity index is 1.51. The summed E-state index contributed by atoms with van der Waals surface area (Å²) in [5, 5.41) is 7.59. The zero-order valence-corrected chi connectivity index (χ0v) is 23.3. The van der Waals surface area contributed by atoms with Crippen molar-refractivity contribution < 1.29 is 0 Å². The van der Waals surface area contributed by atoms with Crippen molar-refractivity contribution in [1.82, 2.24) is 9.88 Å². The van der Waals surface area contributed by atoms with Crippen molar-refractivity contribution in [2.24, 2.45) is 0 Å². The van der Waals surface area contributed by atoms with E-state index in [1.54, 1.807) is 0 Å². The fourth-order valence-corrected chi connectivity index (χ4v) is 7.95. The lowest BCUT2D eigenvalue weighted by Crippen LogP contribution is -2.23. The van der Waals surface area contributed by atoms with Gasteiger partial charge >= 0.3 is 0 Å². The Hall–Kier alpha value is -4.14. The van der Waals surface area contributed by atoms with Gasteiger partial charge in [-0.2, -0.15) is 0 Å². The molecule has 2 nitrogen and oxygen atoms in total. The summed E-state index contributed by atoms with van der Waals surface area (Å²) in [6.45, 7) is 8.28. The predicted molar refractivity (Wildman–Crippen MR) is 167 cm³/mol. The maximum atomic E-state index is 3.47. The van der Waals surface area contributed by atoms with Crippen LogP contribution in [-0.2, 0) is 11.8 Å². The van der Waals surface area contributed by atoms with Gasteiger partial charge in [-0.25, -0.2) is 0 Å². The van der Waals surface area contributed by atoms with Crippen LogP contribution in [0.4, 0.5) is 0 Å². The molecule has 0 bridgehead atoms. The van der Waals surface area contributed by atoms with Crippen LogP contribution >= 0.6 is 0 Å². The van der Waals surface area contributed by atoms with E-state index in [1.807, 2.05) is 0 Å². The summed E-state index contributed by atoms with van der Waals surface area (Å²) in [6.07, 6.45) is 1.06. The van der Waals surface area contributed by atoms with Crippen LogP contribution in [0.1, 0.15) is 60.7 Å². The number of fused-ring (bicyclic) bond motifs is 8. The fraction of sp³-hybridized carbons (Fsp3) is 0.211. The van der Waals surface area contributed by atoms with Gasteiger partial charge in [0.05, 0.1) is 5.52 Å². The number of aromatic nitrogens is 1. The molecule has 9 rings (SSSR count). The van der Waals surface area contributed by atoms with Crippen molar-refractivity contribution in [3.63, 3.8) is 0 Å². The highest BCUT2D eigenvalue weighted by Crippen LogP contribution is 2.55. The zero-order valence-electron chi connectivity index (χ0n) is 23.3. The molecule has 40 heavy (non-hydrogen) atoms. The van der Waals surface area contributed by atoms with Gasteiger partial charge in [-0.05, 0) is 68.8 Å². The van der Waals surface area contributed by atoms with Gasteiger partial charge < -0.3 is 9.88 Å². The smallest absolute Gasteiger partial charge is 0.0623 e. The minimum atomic E-state index is -0.0629. The molecule has 0 saturated carbocycles. The SMILES string of the molecule is CC1Cc2ccccc2-c2c1n(-c1ccc(C3CN3)cc1)c1c3c4c(cccc4cc21)C(C)(C)c1ccccc1-3. The Morgan fingerprint density at radius 1 is 0.775 bits per heavy atom.